The van der Waals surface area contributed by atoms with E-state index in [0.29, 0.717) is 5.69 Å². The summed E-state index contributed by atoms with van der Waals surface area (Å²) in [5.74, 6) is 0. The topological polar surface area (TPSA) is 90.3 Å². The van der Waals surface area contributed by atoms with Crippen LogP contribution in [0.2, 0.25) is 0 Å². The van der Waals surface area contributed by atoms with E-state index >= 15 is 0 Å². The Labute approximate surface area is 121 Å². The first-order valence-corrected chi connectivity index (χ1v) is 6.45. The van der Waals surface area contributed by atoms with Crippen molar-refractivity contribution in [3.63, 3.8) is 0 Å². The van der Waals surface area contributed by atoms with E-state index in [-0.39, 0.29) is 17.9 Å². The largest absolute Gasteiger partial charge is 0.389 e. The Balaban J connectivity index is 2.62. The van der Waals surface area contributed by atoms with E-state index < -0.39 is 16.2 Å². The molecule has 0 saturated carbocycles. The molecule has 0 spiro atoms. The molecule has 1 aromatic carbocycles. The van der Waals surface area contributed by atoms with E-state index in [4.69, 9.17) is 0 Å². The SMILES string of the molecule is Cc1cn(CC(C)(C)O)c(=O)n1-c1ccccc1[N+](=O)[O-]. The number of aryl methyl sites for hydroxylation is 1. The summed E-state index contributed by atoms with van der Waals surface area (Å²) < 4.78 is 2.63. The molecule has 7 heteroatoms. The number of nitrogens with zero attached hydrogens (tertiary/aromatic N) is 3. The Morgan fingerprint density at radius 1 is 1.33 bits per heavy atom. The van der Waals surface area contributed by atoms with Gasteiger partial charge in [0.15, 0.2) is 0 Å². The summed E-state index contributed by atoms with van der Waals surface area (Å²) in [6, 6.07) is 6.08. The van der Waals surface area contributed by atoms with Crippen molar-refractivity contribution in [2.75, 3.05) is 0 Å². The van der Waals surface area contributed by atoms with Crippen LogP contribution in [0, 0.1) is 17.0 Å². The maximum Gasteiger partial charge on any atom is 0.333 e. The molecule has 112 valence electrons. The van der Waals surface area contributed by atoms with Crippen LogP contribution < -0.4 is 5.69 Å². The zero-order valence-corrected chi connectivity index (χ0v) is 12.1. The molecule has 0 fully saturated rings. The number of hydrogen-bond donors (Lipinski definition) is 1. The average molecular weight is 291 g/mol. The Kier molecular flexibility index (Phi) is 3.69. The van der Waals surface area contributed by atoms with Gasteiger partial charge in [0.1, 0.15) is 5.69 Å². The summed E-state index contributed by atoms with van der Waals surface area (Å²) in [7, 11) is 0. The lowest BCUT2D eigenvalue weighted by Crippen LogP contribution is -2.33. The molecular weight excluding hydrogens is 274 g/mol. The number of nitro groups is 1. The normalized spacial score (nSPS) is 11.6. The van der Waals surface area contributed by atoms with E-state index in [1.807, 2.05) is 0 Å². The predicted molar refractivity (Wildman–Crippen MR) is 77.7 cm³/mol. The summed E-state index contributed by atoms with van der Waals surface area (Å²) in [6.45, 7) is 4.99. The first-order chi connectivity index (χ1) is 9.70. The van der Waals surface area contributed by atoms with Gasteiger partial charge in [0.25, 0.3) is 5.69 Å². The van der Waals surface area contributed by atoms with Crippen molar-refractivity contribution in [2.24, 2.45) is 0 Å². The van der Waals surface area contributed by atoms with E-state index in [1.54, 1.807) is 39.1 Å². The summed E-state index contributed by atoms with van der Waals surface area (Å²) >= 11 is 0. The van der Waals surface area contributed by atoms with Gasteiger partial charge in [0, 0.05) is 18.0 Å². The van der Waals surface area contributed by atoms with Gasteiger partial charge in [-0.1, -0.05) is 12.1 Å². The predicted octanol–water partition coefficient (Wildman–Crippen LogP) is 1.63. The van der Waals surface area contributed by atoms with Crippen molar-refractivity contribution in [3.8, 4) is 5.69 Å². The maximum absolute atomic E-state index is 12.4. The first kappa shape index (κ1) is 15.0. The summed E-state index contributed by atoms with van der Waals surface area (Å²) in [5, 5.41) is 20.9. The molecule has 0 saturated heterocycles. The van der Waals surface area contributed by atoms with Gasteiger partial charge in [0.05, 0.1) is 17.1 Å². The molecule has 0 aliphatic carbocycles. The van der Waals surface area contributed by atoms with Crippen LogP contribution in [-0.2, 0) is 6.54 Å². The Morgan fingerprint density at radius 2 is 1.95 bits per heavy atom. The second-order valence-electron chi connectivity index (χ2n) is 5.57. The van der Waals surface area contributed by atoms with Crippen molar-refractivity contribution >= 4 is 5.69 Å². The van der Waals surface area contributed by atoms with E-state index in [9.17, 15) is 20.0 Å². The number of hydrogen-bond acceptors (Lipinski definition) is 4. The molecule has 0 aliphatic rings. The van der Waals surface area contributed by atoms with Crippen molar-refractivity contribution in [2.45, 2.75) is 32.9 Å². The lowest BCUT2D eigenvalue weighted by Gasteiger charge is -2.16. The van der Waals surface area contributed by atoms with E-state index in [0.717, 1.165) is 0 Å². The molecule has 2 rings (SSSR count). The second-order valence-corrected chi connectivity index (χ2v) is 5.57. The standard InChI is InChI=1S/C14H17N3O4/c1-10-8-15(9-14(2,3)19)13(18)16(10)11-6-4-5-7-12(11)17(20)21/h4-8,19H,9H2,1-3H3. The van der Waals surface area contributed by atoms with Crippen LogP contribution in [0.4, 0.5) is 5.69 Å². The first-order valence-electron chi connectivity index (χ1n) is 6.45. The Hall–Kier alpha value is -2.41. The van der Waals surface area contributed by atoms with E-state index in [1.165, 1.54) is 21.3 Å². The molecular formula is C14H17N3O4. The lowest BCUT2D eigenvalue weighted by molar-refractivity contribution is -0.384. The monoisotopic (exact) mass is 291 g/mol. The quantitative estimate of drug-likeness (QED) is 0.684. The van der Waals surface area contributed by atoms with Gasteiger partial charge < -0.3 is 5.11 Å². The Morgan fingerprint density at radius 3 is 2.52 bits per heavy atom. The second kappa shape index (κ2) is 5.17. The fourth-order valence-electron chi connectivity index (χ4n) is 2.25. The molecule has 0 bridgehead atoms. The highest BCUT2D eigenvalue weighted by atomic mass is 16.6. The number of aliphatic hydroxyl groups is 1. The van der Waals surface area contributed by atoms with Crippen LogP contribution in [0.5, 0.6) is 0 Å². The van der Waals surface area contributed by atoms with Gasteiger partial charge in [-0.05, 0) is 26.8 Å². The van der Waals surface area contributed by atoms with Crippen molar-refractivity contribution in [1.29, 1.82) is 0 Å². The molecule has 0 unspecified atom stereocenters. The van der Waals surface area contributed by atoms with Gasteiger partial charge >= 0.3 is 5.69 Å². The number of imidazole rings is 1. The van der Waals surface area contributed by atoms with Crippen LogP contribution >= 0.6 is 0 Å². The van der Waals surface area contributed by atoms with Crippen LogP contribution in [0.3, 0.4) is 0 Å². The smallest absolute Gasteiger partial charge is 0.333 e. The molecule has 1 aromatic heterocycles. The number of nitro benzene ring substituents is 1. The Bertz CT molecular complexity index is 737. The number of rotatable bonds is 4. The maximum atomic E-state index is 12.4. The number of benzene rings is 1. The summed E-state index contributed by atoms with van der Waals surface area (Å²) in [5.41, 5.74) is -0.809. The summed E-state index contributed by atoms with van der Waals surface area (Å²) in [6.07, 6.45) is 1.58. The number of aromatic nitrogens is 2. The van der Waals surface area contributed by atoms with Gasteiger partial charge in [-0.25, -0.2) is 4.79 Å². The minimum Gasteiger partial charge on any atom is -0.389 e. The van der Waals surface area contributed by atoms with Gasteiger partial charge in [-0.3, -0.25) is 19.2 Å². The van der Waals surface area contributed by atoms with Crippen molar-refractivity contribution < 1.29 is 10.0 Å². The molecule has 7 nitrogen and oxygen atoms in total. The average Bonchev–Trinajstić information content (AvgIpc) is 2.62. The van der Waals surface area contributed by atoms with Gasteiger partial charge in [0.2, 0.25) is 0 Å². The van der Waals surface area contributed by atoms with Gasteiger partial charge in [-0.15, -0.1) is 0 Å². The fourth-order valence-corrected chi connectivity index (χ4v) is 2.25. The highest BCUT2D eigenvalue weighted by Crippen LogP contribution is 2.22. The lowest BCUT2D eigenvalue weighted by atomic mass is 10.1. The molecule has 0 radical (unpaired) electrons. The van der Waals surface area contributed by atoms with Crippen LogP contribution in [0.25, 0.3) is 5.69 Å². The minimum absolute atomic E-state index is 0.111. The summed E-state index contributed by atoms with van der Waals surface area (Å²) in [4.78, 5) is 23.0. The third-order valence-corrected chi connectivity index (χ3v) is 3.01. The third-order valence-electron chi connectivity index (χ3n) is 3.01. The molecule has 1 heterocycles. The van der Waals surface area contributed by atoms with Crippen molar-refractivity contribution in [3.05, 3.63) is 56.8 Å². The molecule has 2 aromatic rings. The molecule has 0 amide bonds. The van der Waals surface area contributed by atoms with Crippen molar-refractivity contribution in [1.82, 2.24) is 9.13 Å². The van der Waals surface area contributed by atoms with Gasteiger partial charge in [-0.2, -0.15) is 0 Å². The zero-order chi connectivity index (χ0) is 15.8. The molecule has 21 heavy (non-hydrogen) atoms. The fraction of sp³-hybridized carbons (Fsp3) is 0.357. The molecule has 0 aliphatic heterocycles. The zero-order valence-electron chi connectivity index (χ0n) is 12.1. The number of para-hydroxylation sites is 2. The molecule has 1 N–H and O–H groups in total. The highest BCUT2D eigenvalue weighted by Gasteiger charge is 2.21. The van der Waals surface area contributed by atoms with Crippen LogP contribution in [-0.4, -0.2) is 24.8 Å². The molecule has 0 atom stereocenters. The highest BCUT2D eigenvalue weighted by molar-refractivity contribution is 5.52. The third kappa shape index (κ3) is 3.03. The van der Waals surface area contributed by atoms with Crippen LogP contribution in [0.15, 0.2) is 35.3 Å². The minimum atomic E-state index is -1.05. The van der Waals surface area contributed by atoms with E-state index in [2.05, 4.69) is 0 Å². The van der Waals surface area contributed by atoms with Crippen LogP contribution in [0.1, 0.15) is 19.5 Å².